The molecule has 2 N–H and O–H groups in total. The molecule has 0 saturated carbocycles. The number of imidazole rings is 1. The van der Waals surface area contributed by atoms with Crippen LogP contribution in [0.25, 0.3) is 5.65 Å². The standard InChI is InChI=1S/C11H13N5O/c12-9(17)8-2-1-5-16(8)11-10-13-3-6-15(10)7-4-14-11/h3-4,6-8H,1-2,5H2,(H2,12,17). The van der Waals surface area contributed by atoms with E-state index in [0.717, 1.165) is 30.9 Å². The summed E-state index contributed by atoms with van der Waals surface area (Å²) in [4.78, 5) is 21.9. The third kappa shape index (κ3) is 1.52. The van der Waals surface area contributed by atoms with E-state index in [4.69, 9.17) is 5.73 Å². The zero-order chi connectivity index (χ0) is 11.8. The number of nitrogens with two attached hydrogens (primary N) is 1. The summed E-state index contributed by atoms with van der Waals surface area (Å²) in [5.74, 6) is 0.441. The van der Waals surface area contributed by atoms with Crippen molar-refractivity contribution in [2.75, 3.05) is 11.4 Å². The Morgan fingerprint density at radius 3 is 2.88 bits per heavy atom. The minimum Gasteiger partial charge on any atom is -0.368 e. The molecule has 3 rings (SSSR count). The van der Waals surface area contributed by atoms with Gasteiger partial charge in [-0.1, -0.05) is 0 Å². The van der Waals surface area contributed by atoms with Gasteiger partial charge in [0, 0.05) is 31.3 Å². The number of amides is 1. The quantitative estimate of drug-likeness (QED) is 0.800. The van der Waals surface area contributed by atoms with Gasteiger partial charge in [0.25, 0.3) is 0 Å². The Morgan fingerprint density at radius 2 is 2.12 bits per heavy atom. The molecule has 3 heterocycles. The van der Waals surface area contributed by atoms with Crippen molar-refractivity contribution in [1.82, 2.24) is 14.4 Å². The zero-order valence-corrected chi connectivity index (χ0v) is 9.28. The third-order valence-corrected chi connectivity index (χ3v) is 3.15. The SMILES string of the molecule is NC(=O)C1CCCN1c1nccn2ccnc12. The van der Waals surface area contributed by atoms with Crippen LogP contribution in [0.1, 0.15) is 12.8 Å². The van der Waals surface area contributed by atoms with Crippen molar-refractivity contribution >= 4 is 17.4 Å². The van der Waals surface area contributed by atoms with Gasteiger partial charge in [-0.25, -0.2) is 9.97 Å². The first-order chi connectivity index (χ1) is 8.27. The molecule has 2 aromatic heterocycles. The number of primary amides is 1. The number of carbonyl (C=O) groups excluding carboxylic acids is 1. The van der Waals surface area contributed by atoms with Gasteiger partial charge in [0.15, 0.2) is 11.5 Å². The van der Waals surface area contributed by atoms with E-state index in [0.29, 0.717) is 0 Å². The second-order valence-electron chi connectivity index (χ2n) is 4.16. The van der Waals surface area contributed by atoms with Crippen molar-refractivity contribution in [2.24, 2.45) is 5.73 Å². The summed E-state index contributed by atoms with van der Waals surface area (Å²) in [6.45, 7) is 0.799. The van der Waals surface area contributed by atoms with E-state index in [1.165, 1.54) is 0 Å². The van der Waals surface area contributed by atoms with Crippen molar-refractivity contribution in [3.05, 3.63) is 24.8 Å². The first-order valence-electron chi connectivity index (χ1n) is 5.61. The summed E-state index contributed by atoms with van der Waals surface area (Å²) in [5, 5.41) is 0. The minimum absolute atomic E-state index is 0.259. The molecule has 0 aromatic carbocycles. The maximum Gasteiger partial charge on any atom is 0.240 e. The summed E-state index contributed by atoms with van der Waals surface area (Å²) in [7, 11) is 0. The second-order valence-corrected chi connectivity index (χ2v) is 4.16. The average molecular weight is 231 g/mol. The number of fused-ring (bicyclic) bond motifs is 1. The molecule has 1 unspecified atom stereocenters. The van der Waals surface area contributed by atoms with Gasteiger partial charge in [0.2, 0.25) is 5.91 Å². The Kier molecular flexibility index (Phi) is 2.21. The van der Waals surface area contributed by atoms with Gasteiger partial charge < -0.3 is 15.0 Å². The molecule has 88 valence electrons. The highest BCUT2D eigenvalue weighted by atomic mass is 16.1. The van der Waals surface area contributed by atoms with Crippen LogP contribution in [-0.4, -0.2) is 32.9 Å². The lowest BCUT2D eigenvalue weighted by atomic mass is 10.2. The van der Waals surface area contributed by atoms with E-state index in [1.54, 1.807) is 12.4 Å². The highest BCUT2D eigenvalue weighted by Crippen LogP contribution is 2.26. The monoisotopic (exact) mass is 231 g/mol. The average Bonchev–Trinajstić information content (AvgIpc) is 2.97. The molecule has 1 saturated heterocycles. The number of carbonyl (C=O) groups is 1. The van der Waals surface area contributed by atoms with E-state index in [-0.39, 0.29) is 11.9 Å². The van der Waals surface area contributed by atoms with Gasteiger partial charge >= 0.3 is 0 Å². The van der Waals surface area contributed by atoms with Gasteiger partial charge in [-0.3, -0.25) is 4.79 Å². The molecule has 1 aliphatic rings. The molecule has 0 bridgehead atoms. The summed E-state index contributed by atoms with van der Waals surface area (Å²) in [6.07, 6.45) is 8.86. The lowest BCUT2D eigenvalue weighted by Gasteiger charge is -2.23. The Labute approximate surface area is 98.1 Å². The number of rotatable bonds is 2. The van der Waals surface area contributed by atoms with E-state index in [2.05, 4.69) is 9.97 Å². The van der Waals surface area contributed by atoms with E-state index in [9.17, 15) is 4.79 Å². The van der Waals surface area contributed by atoms with Gasteiger partial charge in [-0.15, -0.1) is 0 Å². The fraction of sp³-hybridized carbons (Fsp3) is 0.364. The van der Waals surface area contributed by atoms with Crippen LogP contribution in [0, 0.1) is 0 Å². The van der Waals surface area contributed by atoms with Crippen LogP contribution in [0.5, 0.6) is 0 Å². The Balaban J connectivity index is 2.08. The number of anilines is 1. The van der Waals surface area contributed by atoms with Crippen LogP contribution < -0.4 is 10.6 Å². The molecule has 2 aromatic rings. The van der Waals surface area contributed by atoms with Crippen LogP contribution >= 0.6 is 0 Å². The number of aromatic nitrogens is 3. The Morgan fingerprint density at radius 1 is 1.35 bits per heavy atom. The molecule has 6 nitrogen and oxygen atoms in total. The zero-order valence-electron chi connectivity index (χ0n) is 9.28. The topological polar surface area (TPSA) is 76.5 Å². The highest BCUT2D eigenvalue weighted by molar-refractivity contribution is 5.85. The largest absolute Gasteiger partial charge is 0.368 e. The fourth-order valence-electron chi connectivity index (χ4n) is 2.36. The third-order valence-electron chi connectivity index (χ3n) is 3.15. The summed E-state index contributed by atoms with van der Waals surface area (Å²) >= 11 is 0. The smallest absolute Gasteiger partial charge is 0.240 e. The first-order valence-corrected chi connectivity index (χ1v) is 5.61. The molecule has 1 atom stereocenters. The Hall–Kier alpha value is -2.11. The number of hydrogen-bond donors (Lipinski definition) is 1. The molecule has 1 aliphatic heterocycles. The predicted molar refractivity (Wildman–Crippen MR) is 62.5 cm³/mol. The van der Waals surface area contributed by atoms with Crippen molar-refractivity contribution in [1.29, 1.82) is 0 Å². The molecule has 0 radical (unpaired) electrons. The lowest BCUT2D eigenvalue weighted by molar-refractivity contribution is -0.119. The van der Waals surface area contributed by atoms with Gasteiger partial charge in [0.1, 0.15) is 6.04 Å². The molecule has 6 heteroatoms. The molecule has 17 heavy (non-hydrogen) atoms. The van der Waals surface area contributed by atoms with Crippen LogP contribution in [0.2, 0.25) is 0 Å². The maximum absolute atomic E-state index is 11.4. The van der Waals surface area contributed by atoms with Gasteiger partial charge in [-0.2, -0.15) is 0 Å². The molecule has 1 fully saturated rings. The summed E-state index contributed by atoms with van der Waals surface area (Å²) in [5.41, 5.74) is 6.17. The van der Waals surface area contributed by atoms with Crippen molar-refractivity contribution < 1.29 is 4.79 Å². The minimum atomic E-state index is -0.294. The summed E-state index contributed by atoms with van der Waals surface area (Å²) in [6, 6.07) is -0.259. The van der Waals surface area contributed by atoms with Crippen molar-refractivity contribution in [3.8, 4) is 0 Å². The second kappa shape index (κ2) is 3.73. The molecule has 0 spiro atoms. The van der Waals surface area contributed by atoms with E-state index < -0.39 is 0 Å². The van der Waals surface area contributed by atoms with E-state index in [1.807, 2.05) is 21.7 Å². The van der Waals surface area contributed by atoms with Crippen molar-refractivity contribution in [3.63, 3.8) is 0 Å². The fourth-order valence-corrected chi connectivity index (χ4v) is 2.36. The lowest BCUT2D eigenvalue weighted by Crippen LogP contribution is -2.41. The number of nitrogens with zero attached hydrogens (tertiary/aromatic N) is 4. The molecule has 1 amide bonds. The van der Waals surface area contributed by atoms with Crippen molar-refractivity contribution in [2.45, 2.75) is 18.9 Å². The Bertz CT molecular complexity index is 564. The highest BCUT2D eigenvalue weighted by Gasteiger charge is 2.31. The van der Waals surface area contributed by atoms with Crippen LogP contribution in [0.15, 0.2) is 24.8 Å². The van der Waals surface area contributed by atoms with Crippen LogP contribution in [-0.2, 0) is 4.79 Å². The molecule has 0 aliphatic carbocycles. The molecular formula is C11H13N5O. The first kappa shape index (κ1) is 10.1. The summed E-state index contributed by atoms with van der Waals surface area (Å²) < 4.78 is 1.89. The van der Waals surface area contributed by atoms with E-state index >= 15 is 0 Å². The normalized spacial score (nSPS) is 20.0. The van der Waals surface area contributed by atoms with Gasteiger partial charge in [0.05, 0.1) is 0 Å². The van der Waals surface area contributed by atoms with Crippen LogP contribution in [0.3, 0.4) is 0 Å². The number of hydrogen-bond acceptors (Lipinski definition) is 4. The van der Waals surface area contributed by atoms with Crippen LogP contribution in [0.4, 0.5) is 5.82 Å². The molecular weight excluding hydrogens is 218 g/mol. The van der Waals surface area contributed by atoms with Gasteiger partial charge in [-0.05, 0) is 12.8 Å². The maximum atomic E-state index is 11.4. The predicted octanol–water partition coefficient (Wildman–Crippen LogP) is 0.183.